The summed E-state index contributed by atoms with van der Waals surface area (Å²) in [6, 6.07) is 0.881. The predicted molar refractivity (Wildman–Crippen MR) is 81.1 cm³/mol. The van der Waals surface area contributed by atoms with E-state index in [2.05, 4.69) is 14.9 Å². The summed E-state index contributed by atoms with van der Waals surface area (Å²) < 4.78 is 38.1. The van der Waals surface area contributed by atoms with Crippen LogP contribution in [0, 0.1) is 5.92 Å². The Kier molecular flexibility index (Phi) is 5.80. The van der Waals surface area contributed by atoms with E-state index in [1.807, 2.05) is 0 Å². The first-order valence-electron chi connectivity index (χ1n) is 7.77. The van der Waals surface area contributed by atoms with Crippen molar-refractivity contribution in [1.82, 2.24) is 14.9 Å². The minimum absolute atomic E-state index is 0.103. The second kappa shape index (κ2) is 7.44. The topological polar surface area (TPSA) is 52.5 Å². The number of alkyl halides is 3. The van der Waals surface area contributed by atoms with E-state index in [1.54, 1.807) is 18.9 Å². The Morgan fingerprint density at radius 2 is 2.04 bits per heavy atom. The van der Waals surface area contributed by atoms with Gasteiger partial charge >= 0.3 is 6.18 Å². The number of aliphatic hydroxyl groups is 1. The summed E-state index contributed by atoms with van der Waals surface area (Å²) in [7, 11) is 1.72. The van der Waals surface area contributed by atoms with Crippen LogP contribution < -0.4 is 4.90 Å². The molecule has 23 heavy (non-hydrogen) atoms. The molecule has 1 aliphatic rings. The van der Waals surface area contributed by atoms with Crippen LogP contribution in [0.2, 0.25) is 0 Å². The molecular weight excluding hydrogens is 309 g/mol. The molecule has 8 heteroatoms. The molecule has 0 amide bonds. The molecule has 0 bridgehead atoms. The maximum Gasteiger partial charge on any atom is 0.433 e. The molecule has 0 aliphatic carbocycles. The number of likely N-dealkylation sites (tertiary alicyclic amines) is 1. The Labute approximate surface area is 134 Å². The first kappa shape index (κ1) is 17.9. The second-order valence-corrected chi connectivity index (χ2v) is 6.21. The molecule has 5 nitrogen and oxygen atoms in total. The predicted octanol–water partition coefficient (Wildman–Crippen LogP) is 2.02. The van der Waals surface area contributed by atoms with E-state index in [1.165, 1.54) is 0 Å². The van der Waals surface area contributed by atoms with Crippen LogP contribution >= 0.6 is 0 Å². The third-order valence-electron chi connectivity index (χ3n) is 4.04. The van der Waals surface area contributed by atoms with Crippen molar-refractivity contribution in [2.45, 2.75) is 32.0 Å². The molecular formula is C15H23F3N4O. The van der Waals surface area contributed by atoms with Gasteiger partial charge in [-0.3, -0.25) is 0 Å². The van der Waals surface area contributed by atoms with Crippen molar-refractivity contribution in [3.05, 3.63) is 18.0 Å². The van der Waals surface area contributed by atoms with Crippen LogP contribution in [0.4, 0.5) is 19.1 Å². The zero-order valence-corrected chi connectivity index (χ0v) is 13.4. The average Bonchev–Trinajstić information content (AvgIpc) is 2.48. The number of aliphatic hydroxyl groups excluding tert-OH is 1. The normalized spacial score (nSPS) is 18.9. The van der Waals surface area contributed by atoms with E-state index < -0.39 is 11.9 Å². The maximum absolute atomic E-state index is 12.7. The molecule has 0 unspecified atom stereocenters. The highest BCUT2D eigenvalue weighted by atomic mass is 19.4. The van der Waals surface area contributed by atoms with Gasteiger partial charge in [-0.2, -0.15) is 13.2 Å². The van der Waals surface area contributed by atoms with Gasteiger partial charge in [0.1, 0.15) is 5.69 Å². The van der Waals surface area contributed by atoms with E-state index in [9.17, 15) is 18.3 Å². The van der Waals surface area contributed by atoms with Crippen molar-refractivity contribution in [3.8, 4) is 0 Å². The molecule has 1 saturated heterocycles. The molecule has 1 fully saturated rings. The van der Waals surface area contributed by atoms with Gasteiger partial charge in [-0.25, -0.2) is 9.97 Å². The van der Waals surface area contributed by atoms with Crippen LogP contribution in [-0.2, 0) is 6.18 Å². The van der Waals surface area contributed by atoms with Crippen LogP contribution in [0.15, 0.2) is 12.3 Å². The van der Waals surface area contributed by atoms with Crippen molar-refractivity contribution in [1.29, 1.82) is 0 Å². The zero-order valence-electron chi connectivity index (χ0n) is 13.4. The lowest BCUT2D eigenvalue weighted by Gasteiger charge is -2.34. The van der Waals surface area contributed by atoms with Crippen molar-refractivity contribution < 1.29 is 18.3 Å². The number of hydrogen-bond acceptors (Lipinski definition) is 5. The first-order valence-corrected chi connectivity index (χ1v) is 7.77. The number of rotatable bonds is 5. The summed E-state index contributed by atoms with van der Waals surface area (Å²) in [5, 5.41) is 9.40. The Hall–Kier alpha value is -1.41. The van der Waals surface area contributed by atoms with Crippen LogP contribution in [0.1, 0.15) is 25.5 Å². The molecule has 1 aromatic rings. The van der Waals surface area contributed by atoms with E-state index in [0.29, 0.717) is 19.0 Å². The summed E-state index contributed by atoms with van der Waals surface area (Å²) in [5.41, 5.74) is -0.916. The standard InChI is InChI=1S/C15H23F3N4O/c1-11(23)9-22-7-4-12(5-8-22)10-21(2)14-19-6-3-13(20-14)15(16,17)18/h3,6,11-12,23H,4-5,7-10H2,1-2H3/t11-/m1/s1. The zero-order chi connectivity index (χ0) is 17.0. The molecule has 1 aliphatic heterocycles. The SMILES string of the molecule is C[C@@H](O)CN1CCC(CN(C)c2nccc(C(F)(F)F)n2)CC1. The average molecular weight is 332 g/mol. The third-order valence-corrected chi connectivity index (χ3v) is 4.04. The summed E-state index contributed by atoms with van der Waals surface area (Å²) in [4.78, 5) is 11.4. The molecule has 2 heterocycles. The van der Waals surface area contributed by atoms with Gasteiger partial charge in [0.2, 0.25) is 5.95 Å². The van der Waals surface area contributed by atoms with Gasteiger partial charge in [-0.1, -0.05) is 0 Å². The van der Waals surface area contributed by atoms with Gasteiger partial charge in [0.15, 0.2) is 0 Å². The van der Waals surface area contributed by atoms with Gasteiger partial charge in [0.25, 0.3) is 0 Å². The maximum atomic E-state index is 12.7. The summed E-state index contributed by atoms with van der Waals surface area (Å²) >= 11 is 0. The van der Waals surface area contributed by atoms with Crippen LogP contribution in [0.25, 0.3) is 0 Å². The van der Waals surface area contributed by atoms with Crippen molar-refractivity contribution in [2.75, 3.05) is 38.1 Å². The second-order valence-electron chi connectivity index (χ2n) is 6.21. The minimum Gasteiger partial charge on any atom is -0.392 e. The number of β-amino-alcohol motifs (C(OH)–C–C–N with tert-alkyl or cyclic N) is 1. The largest absolute Gasteiger partial charge is 0.433 e. The fourth-order valence-corrected chi connectivity index (χ4v) is 2.88. The molecule has 0 radical (unpaired) electrons. The fourth-order valence-electron chi connectivity index (χ4n) is 2.88. The van der Waals surface area contributed by atoms with E-state index in [0.717, 1.165) is 38.2 Å². The fraction of sp³-hybridized carbons (Fsp3) is 0.733. The number of nitrogens with zero attached hydrogens (tertiary/aromatic N) is 4. The summed E-state index contributed by atoms with van der Waals surface area (Å²) in [6.45, 7) is 4.85. The van der Waals surface area contributed by atoms with E-state index >= 15 is 0 Å². The van der Waals surface area contributed by atoms with Crippen molar-refractivity contribution in [2.24, 2.45) is 5.92 Å². The summed E-state index contributed by atoms with van der Waals surface area (Å²) in [5.74, 6) is 0.495. The highest BCUT2D eigenvalue weighted by molar-refractivity contribution is 5.29. The number of piperidine rings is 1. The van der Waals surface area contributed by atoms with E-state index in [4.69, 9.17) is 0 Å². The van der Waals surface area contributed by atoms with Crippen LogP contribution in [0.3, 0.4) is 0 Å². The van der Waals surface area contributed by atoms with Gasteiger partial charge < -0.3 is 14.9 Å². The number of hydrogen-bond donors (Lipinski definition) is 1. The quantitative estimate of drug-likeness (QED) is 0.894. The van der Waals surface area contributed by atoms with Crippen LogP contribution in [-0.4, -0.2) is 59.3 Å². The molecule has 0 spiro atoms. The van der Waals surface area contributed by atoms with Gasteiger partial charge in [-0.05, 0) is 44.8 Å². The van der Waals surface area contributed by atoms with Gasteiger partial charge in [0.05, 0.1) is 6.10 Å². The molecule has 0 aromatic carbocycles. The minimum atomic E-state index is -4.45. The Bertz CT molecular complexity index is 502. The lowest BCUT2D eigenvalue weighted by atomic mass is 9.96. The molecule has 1 aromatic heterocycles. The molecule has 130 valence electrons. The van der Waals surface area contributed by atoms with E-state index in [-0.39, 0.29) is 12.1 Å². The molecule has 2 rings (SSSR count). The smallest absolute Gasteiger partial charge is 0.392 e. The molecule has 1 N–H and O–H groups in total. The van der Waals surface area contributed by atoms with Gasteiger partial charge in [0, 0.05) is 26.3 Å². The summed E-state index contributed by atoms with van der Waals surface area (Å²) in [6.07, 6.45) is -1.74. The van der Waals surface area contributed by atoms with Gasteiger partial charge in [-0.15, -0.1) is 0 Å². The van der Waals surface area contributed by atoms with Crippen molar-refractivity contribution >= 4 is 5.95 Å². The number of anilines is 1. The molecule has 1 atom stereocenters. The monoisotopic (exact) mass is 332 g/mol. The Balaban J connectivity index is 1.89. The molecule has 0 saturated carbocycles. The lowest BCUT2D eigenvalue weighted by Crippen LogP contribution is -2.40. The van der Waals surface area contributed by atoms with Crippen LogP contribution in [0.5, 0.6) is 0 Å². The lowest BCUT2D eigenvalue weighted by molar-refractivity contribution is -0.141. The highest BCUT2D eigenvalue weighted by Crippen LogP contribution is 2.28. The number of aromatic nitrogens is 2. The Morgan fingerprint density at radius 1 is 1.39 bits per heavy atom. The third kappa shape index (κ3) is 5.31. The number of halogens is 3. The van der Waals surface area contributed by atoms with Crippen molar-refractivity contribution in [3.63, 3.8) is 0 Å². The Morgan fingerprint density at radius 3 is 2.61 bits per heavy atom. The highest BCUT2D eigenvalue weighted by Gasteiger charge is 2.33. The first-order chi connectivity index (χ1) is 10.8.